The van der Waals surface area contributed by atoms with Gasteiger partial charge >= 0.3 is 12.1 Å². The number of unbranched alkanes of at least 4 members (excludes halogenated alkanes) is 15. The van der Waals surface area contributed by atoms with Crippen molar-refractivity contribution < 1.29 is 42.2 Å². The molecule has 0 radical (unpaired) electrons. The van der Waals surface area contributed by atoms with Gasteiger partial charge in [-0.1, -0.05) is 141 Å². The lowest BCUT2D eigenvalue weighted by Crippen LogP contribution is -2.50. The first-order valence-electron chi connectivity index (χ1n) is 18.3. The normalized spacial score (nSPS) is 13.1. The number of carbonyl (C=O) groups excluding carboxylic acids is 4. The summed E-state index contributed by atoms with van der Waals surface area (Å²) >= 11 is 0. The molecule has 0 heterocycles. The SMILES string of the molecule is CCCCCCCCCCCCCCCCCCNC(=O)[C@@H](NC(=O)CCC(=O)Oc1ccc(/C([O-])=C/C(=O)C(F)(F)F)cc1)[C@@H](C)CC. The highest BCUT2D eigenvalue weighted by molar-refractivity contribution is 5.99. The Morgan fingerprint density at radius 1 is 0.776 bits per heavy atom. The van der Waals surface area contributed by atoms with Crippen LogP contribution >= 0.6 is 0 Å². The smallest absolute Gasteiger partial charge is 0.454 e. The summed E-state index contributed by atoms with van der Waals surface area (Å²) in [6, 6.07) is 3.89. The third-order valence-corrected chi connectivity index (χ3v) is 8.61. The topological polar surface area (TPSA) is 125 Å². The van der Waals surface area contributed by atoms with Gasteiger partial charge in [0.05, 0.1) is 6.42 Å². The number of alkyl halides is 3. The largest absolute Gasteiger partial charge is 0.872 e. The Bertz CT molecular complexity index is 1140. The fourth-order valence-electron chi connectivity index (χ4n) is 5.31. The first kappa shape index (κ1) is 43.7. The predicted octanol–water partition coefficient (Wildman–Crippen LogP) is 8.11. The Morgan fingerprint density at radius 3 is 1.73 bits per heavy atom. The van der Waals surface area contributed by atoms with Gasteiger partial charge in [0.2, 0.25) is 11.8 Å². The predicted molar refractivity (Wildman–Crippen MR) is 184 cm³/mol. The minimum atomic E-state index is -5.15. The maximum atomic E-state index is 12.9. The molecule has 1 aromatic carbocycles. The number of ketones is 1. The fourth-order valence-corrected chi connectivity index (χ4v) is 5.31. The summed E-state index contributed by atoms with van der Waals surface area (Å²) < 4.78 is 42.2. The molecular formula is C38H58F3N2O6-. The second-order valence-corrected chi connectivity index (χ2v) is 12.9. The van der Waals surface area contributed by atoms with E-state index in [0.717, 1.165) is 31.4 Å². The van der Waals surface area contributed by atoms with Crippen molar-refractivity contribution in [3.05, 3.63) is 35.9 Å². The van der Waals surface area contributed by atoms with E-state index in [-0.39, 0.29) is 42.1 Å². The molecule has 11 heteroatoms. The van der Waals surface area contributed by atoms with E-state index in [1.165, 1.54) is 95.6 Å². The minimum Gasteiger partial charge on any atom is -0.872 e. The summed E-state index contributed by atoms with van der Waals surface area (Å²) in [7, 11) is 0. The van der Waals surface area contributed by atoms with E-state index in [9.17, 15) is 37.5 Å². The molecule has 2 atom stereocenters. The van der Waals surface area contributed by atoms with E-state index in [1.807, 2.05) is 13.8 Å². The Hall–Kier alpha value is -3.37. The molecule has 0 spiro atoms. The number of nitrogens with one attached hydrogen (secondary N) is 2. The van der Waals surface area contributed by atoms with Gasteiger partial charge in [-0.05, 0) is 36.1 Å². The summed E-state index contributed by atoms with van der Waals surface area (Å²) in [5, 5.41) is 17.5. The molecule has 2 N–H and O–H groups in total. The second-order valence-electron chi connectivity index (χ2n) is 12.9. The van der Waals surface area contributed by atoms with Crippen LogP contribution in [-0.4, -0.2) is 42.3 Å². The molecule has 278 valence electrons. The number of hydrogen-bond acceptors (Lipinski definition) is 6. The maximum absolute atomic E-state index is 12.9. The molecule has 1 rings (SSSR count). The van der Waals surface area contributed by atoms with Crippen LogP contribution in [0, 0.1) is 5.92 Å². The number of hydrogen-bond donors (Lipinski definition) is 2. The highest BCUT2D eigenvalue weighted by Crippen LogP contribution is 2.21. The van der Waals surface area contributed by atoms with Crippen molar-refractivity contribution in [2.45, 2.75) is 155 Å². The highest BCUT2D eigenvalue weighted by atomic mass is 19.4. The molecule has 0 aliphatic rings. The third kappa shape index (κ3) is 20.7. The number of amides is 2. The summed E-state index contributed by atoms with van der Waals surface area (Å²) in [5.41, 5.74) is -0.194. The third-order valence-electron chi connectivity index (χ3n) is 8.61. The van der Waals surface area contributed by atoms with Gasteiger partial charge < -0.3 is 20.5 Å². The molecule has 0 fully saturated rings. The summed E-state index contributed by atoms with van der Waals surface area (Å²) in [6.07, 6.45) is 15.3. The van der Waals surface area contributed by atoms with Crippen LogP contribution < -0.4 is 20.5 Å². The molecule has 0 aliphatic heterocycles. The lowest BCUT2D eigenvalue weighted by molar-refractivity contribution is -0.244. The first-order valence-corrected chi connectivity index (χ1v) is 18.3. The zero-order valence-corrected chi connectivity index (χ0v) is 29.8. The average molecular weight is 696 g/mol. The highest BCUT2D eigenvalue weighted by Gasteiger charge is 2.36. The number of esters is 1. The minimum absolute atomic E-state index is 0.00931. The molecule has 0 bridgehead atoms. The Kier molecular flexibility index (Phi) is 22.8. The van der Waals surface area contributed by atoms with Crippen molar-refractivity contribution in [3.8, 4) is 5.75 Å². The monoisotopic (exact) mass is 695 g/mol. The van der Waals surface area contributed by atoms with Gasteiger partial charge in [-0.2, -0.15) is 13.2 Å². The standard InChI is InChI=1S/C38H59F3N2O6/c1-4-6-7-8-9-10-11-12-13-14-15-16-17-18-19-20-27-42-37(48)36(29(3)5-2)43-34(46)25-26-35(47)49-31-23-21-30(22-24-31)32(44)28-33(45)38(39,40)41/h21-24,28-29,36,44H,4-20,25-27H2,1-3H3,(H,42,48)(H,43,46)/p-1/b32-28-/t29-,36-/m0/s1. The van der Waals surface area contributed by atoms with Crippen LogP contribution in [0.2, 0.25) is 0 Å². The van der Waals surface area contributed by atoms with Gasteiger partial charge in [-0.3, -0.25) is 19.2 Å². The van der Waals surface area contributed by atoms with Crippen molar-refractivity contribution in [2.75, 3.05) is 6.54 Å². The van der Waals surface area contributed by atoms with Crippen molar-refractivity contribution in [3.63, 3.8) is 0 Å². The van der Waals surface area contributed by atoms with Crippen LogP contribution in [0.25, 0.3) is 5.76 Å². The van der Waals surface area contributed by atoms with E-state index in [4.69, 9.17) is 4.74 Å². The average Bonchev–Trinajstić information content (AvgIpc) is 3.07. The Labute approximate surface area is 291 Å². The molecule has 0 saturated heterocycles. The number of benzene rings is 1. The summed E-state index contributed by atoms with van der Waals surface area (Å²) in [4.78, 5) is 48.7. The van der Waals surface area contributed by atoms with E-state index in [0.29, 0.717) is 13.0 Å². The molecule has 49 heavy (non-hydrogen) atoms. The molecular weight excluding hydrogens is 637 g/mol. The fraction of sp³-hybridized carbons (Fsp3) is 0.684. The van der Waals surface area contributed by atoms with Crippen molar-refractivity contribution in [2.24, 2.45) is 5.92 Å². The van der Waals surface area contributed by atoms with Gasteiger partial charge in [0, 0.05) is 13.0 Å². The molecule has 0 aromatic heterocycles. The van der Waals surface area contributed by atoms with Crippen molar-refractivity contribution >= 4 is 29.3 Å². The van der Waals surface area contributed by atoms with Crippen molar-refractivity contribution in [1.29, 1.82) is 0 Å². The zero-order valence-electron chi connectivity index (χ0n) is 29.8. The molecule has 8 nitrogen and oxygen atoms in total. The van der Waals surface area contributed by atoms with Gasteiger partial charge in [0.1, 0.15) is 11.8 Å². The molecule has 2 amide bonds. The zero-order chi connectivity index (χ0) is 36.5. The number of halogens is 3. The van der Waals surface area contributed by atoms with Gasteiger partial charge in [0.15, 0.2) is 0 Å². The van der Waals surface area contributed by atoms with E-state index in [1.54, 1.807) is 0 Å². The van der Waals surface area contributed by atoms with Gasteiger partial charge in [0.25, 0.3) is 5.78 Å². The van der Waals surface area contributed by atoms with Crippen LogP contribution in [0.4, 0.5) is 13.2 Å². The Morgan fingerprint density at radius 2 is 1.27 bits per heavy atom. The number of carbonyl (C=O) groups is 4. The maximum Gasteiger partial charge on any atom is 0.454 e. The van der Waals surface area contributed by atoms with E-state index in [2.05, 4.69) is 17.6 Å². The van der Waals surface area contributed by atoms with Crippen LogP contribution in [0.1, 0.15) is 148 Å². The number of ether oxygens (including phenoxy) is 1. The lowest BCUT2D eigenvalue weighted by atomic mass is 9.98. The molecule has 0 unspecified atom stereocenters. The second kappa shape index (κ2) is 25.6. The molecule has 1 aromatic rings. The number of rotatable bonds is 27. The van der Waals surface area contributed by atoms with Crippen LogP contribution in [-0.2, 0) is 19.2 Å². The molecule has 0 saturated carbocycles. The van der Waals surface area contributed by atoms with Crippen LogP contribution in [0.15, 0.2) is 30.3 Å². The molecule has 0 aliphatic carbocycles. The van der Waals surface area contributed by atoms with Gasteiger partial charge in [-0.15, -0.1) is 0 Å². The first-order chi connectivity index (χ1) is 23.4. The Balaban J connectivity index is 2.28. The summed E-state index contributed by atoms with van der Waals surface area (Å²) in [5.74, 6) is -5.00. The van der Waals surface area contributed by atoms with E-state index < -0.39 is 35.6 Å². The van der Waals surface area contributed by atoms with Crippen molar-refractivity contribution in [1.82, 2.24) is 10.6 Å². The lowest BCUT2D eigenvalue weighted by Gasteiger charge is -2.23. The van der Waals surface area contributed by atoms with Gasteiger partial charge in [-0.25, -0.2) is 0 Å². The van der Waals surface area contributed by atoms with Crippen LogP contribution in [0.3, 0.4) is 0 Å². The summed E-state index contributed by atoms with van der Waals surface area (Å²) in [6.45, 7) is 6.59. The van der Waals surface area contributed by atoms with E-state index >= 15 is 0 Å². The number of allylic oxidation sites excluding steroid dienone is 1. The quantitative estimate of drug-likeness (QED) is 0.0315. The van der Waals surface area contributed by atoms with Crippen LogP contribution in [0.5, 0.6) is 5.75 Å².